The van der Waals surface area contributed by atoms with Gasteiger partial charge in [0.05, 0.1) is 27.2 Å². The van der Waals surface area contributed by atoms with Crippen LogP contribution in [0.5, 0.6) is 0 Å². The molecule has 6 nitrogen and oxygen atoms in total. The first-order valence-corrected chi connectivity index (χ1v) is 11.5. The van der Waals surface area contributed by atoms with E-state index in [1.54, 1.807) is 12.1 Å². The Hall–Kier alpha value is -4.84. The number of fused-ring (bicyclic) bond motifs is 2. The molecule has 2 aromatic heterocycles. The van der Waals surface area contributed by atoms with Gasteiger partial charge in [-0.05, 0) is 53.4 Å². The van der Waals surface area contributed by atoms with Crippen LogP contribution >= 0.6 is 0 Å². The third kappa shape index (κ3) is 3.19. The zero-order valence-electron chi connectivity index (χ0n) is 19.6. The van der Waals surface area contributed by atoms with Crippen molar-refractivity contribution in [3.8, 4) is 27.9 Å². The second kappa shape index (κ2) is 7.85. The number of hydrogen-bond acceptors (Lipinski definition) is 4. The summed E-state index contributed by atoms with van der Waals surface area (Å²) in [6.07, 6.45) is 0. The lowest BCUT2D eigenvalue weighted by Gasteiger charge is -2.07. The highest BCUT2D eigenvalue weighted by Gasteiger charge is 2.19. The molecule has 0 radical (unpaired) electrons. The van der Waals surface area contributed by atoms with Gasteiger partial charge in [-0.3, -0.25) is 23.7 Å². The highest BCUT2D eigenvalue weighted by atomic mass is 16.2. The Labute approximate surface area is 204 Å². The summed E-state index contributed by atoms with van der Waals surface area (Å²) in [5, 5.41) is 0.555. The van der Waals surface area contributed by atoms with Crippen LogP contribution in [0.2, 0.25) is 0 Å². The first-order valence-electron chi connectivity index (χ1n) is 11.5. The molecular weight excluding hydrogens is 452 g/mol. The van der Waals surface area contributed by atoms with E-state index in [2.05, 4.69) is 43.3 Å². The van der Waals surface area contributed by atoms with Crippen molar-refractivity contribution in [3.05, 3.63) is 132 Å². The van der Waals surface area contributed by atoms with Crippen LogP contribution in [0.25, 0.3) is 49.5 Å². The molecule has 0 aliphatic rings. The first-order chi connectivity index (χ1) is 17.3. The molecule has 4 aromatic carbocycles. The minimum Gasteiger partial charge on any atom is -0.277 e. The lowest BCUT2D eigenvalue weighted by atomic mass is 9.99. The summed E-state index contributed by atoms with van der Waals surface area (Å²) in [7, 11) is 1.38. The molecule has 0 aliphatic carbocycles. The second-order valence-electron chi connectivity index (χ2n) is 9.05. The largest absolute Gasteiger partial charge is 0.277 e. The van der Waals surface area contributed by atoms with Crippen molar-refractivity contribution >= 4 is 21.5 Å². The monoisotopic (exact) mass is 472 g/mol. The molecule has 0 atom stereocenters. The van der Waals surface area contributed by atoms with Gasteiger partial charge in [-0.1, -0.05) is 66.2 Å². The highest BCUT2D eigenvalue weighted by Crippen LogP contribution is 2.26. The number of benzene rings is 4. The molecule has 0 unspecified atom stereocenters. The number of aryl methyl sites for hydroxylation is 1. The first kappa shape index (κ1) is 21.7. The number of hydrogen-bond donors (Lipinski definition) is 0. The van der Waals surface area contributed by atoms with Gasteiger partial charge in [0.1, 0.15) is 0 Å². The lowest BCUT2D eigenvalue weighted by molar-refractivity contribution is 0.856. The molecule has 0 fully saturated rings. The summed E-state index contributed by atoms with van der Waals surface area (Å²) in [4.78, 5) is 50.9. The fourth-order valence-corrected chi connectivity index (χ4v) is 4.73. The fourth-order valence-electron chi connectivity index (χ4n) is 4.73. The topological polar surface area (TPSA) is 78.1 Å². The van der Waals surface area contributed by atoms with E-state index in [-0.39, 0.29) is 21.5 Å². The van der Waals surface area contributed by atoms with Crippen molar-refractivity contribution < 1.29 is 0 Å². The van der Waals surface area contributed by atoms with Crippen LogP contribution in [0.3, 0.4) is 0 Å². The Morgan fingerprint density at radius 3 is 1.22 bits per heavy atom. The maximum Gasteiger partial charge on any atom is 0.266 e. The molecule has 0 saturated carbocycles. The molecule has 0 N–H and O–H groups in total. The summed E-state index contributed by atoms with van der Waals surface area (Å²) < 4.78 is 2.07. The summed E-state index contributed by atoms with van der Waals surface area (Å²) in [6, 6.07) is 26.5. The summed E-state index contributed by atoms with van der Waals surface area (Å²) in [6.45, 7) is 2.06. The van der Waals surface area contributed by atoms with Gasteiger partial charge in [-0.25, -0.2) is 4.57 Å². The molecule has 0 aliphatic heterocycles. The van der Waals surface area contributed by atoms with E-state index in [4.69, 9.17) is 0 Å². The Bertz CT molecular complexity index is 1920. The van der Waals surface area contributed by atoms with Crippen molar-refractivity contribution in [3.63, 3.8) is 0 Å². The van der Waals surface area contributed by atoms with Gasteiger partial charge in [0, 0.05) is 7.05 Å². The van der Waals surface area contributed by atoms with Gasteiger partial charge in [-0.15, -0.1) is 0 Å². The minimum atomic E-state index is -0.511. The average Bonchev–Trinajstić information content (AvgIpc) is 3.27. The molecule has 0 amide bonds. The van der Waals surface area contributed by atoms with Crippen molar-refractivity contribution in [2.75, 3.05) is 0 Å². The standard InChI is InChI=1S/C30H20N2O4/c1-17-3-5-18(6-4-17)19-7-9-20(10-8-19)21-11-13-22(14-12-21)32-29(35)25-15-23-24(16-26(25)30(32)36)28(34)31(2)27(23)33/h3-16H,1-2H3. The molecule has 2 heterocycles. The van der Waals surface area contributed by atoms with Crippen molar-refractivity contribution in [2.45, 2.75) is 6.92 Å². The summed E-state index contributed by atoms with van der Waals surface area (Å²) in [5.41, 5.74) is 3.89. The number of nitrogens with zero attached hydrogens (tertiary/aromatic N) is 2. The van der Waals surface area contributed by atoms with E-state index in [0.717, 1.165) is 31.4 Å². The molecule has 0 spiro atoms. The average molecular weight is 473 g/mol. The molecule has 174 valence electrons. The van der Waals surface area contributed by atoms with Gasteiger partial charge in [0.15, 0.2) is 0 Å². The highest BCUT2D eigenvalue weighted by molar-refractivity contribution is 5.98. The zero-order chi connectivity index (χ0) is 25.1. The molecule has 6 rings (SSSR count). The third-order valence-electron chi connectivity index (χ3n) is 6.82. The predicted molar refractivity (Wildman–Crippen MR) is 143 cm³/mol. The van der Waals surface area contributed by atoms with Crippen LogP contribution < -0.4 is 22.2 Å². The van der Waals surface area contributed by atoms with Crippen molar-refractivity contribution in [1.29, 1.82) is 0 Å². The van der Waals surface area contributed by atoms with E-state index in [9.17, 15) is 19.2 Å². The Balaban J connectivity index is 1.39. The maximum absolute atomic E-state index is 13.1. The molecule has 36 heavy (non-hydrogen) atoms. The smallest absolute Gasteiger partial charge is 0.266 e. The van der Waals surface area contributed by atoms with E-state index >= 15 is 0 Å². The molecule has 6 heteroatoms. The van der Waals surface area contributed by atoms with Gasteiger partial charge < -0.3 is 0 Å². The quantitative estimate of drug-likeness (QED) is 0.389. The molecule has 0 bridgehead atoms. The summed E-state index contributed by atoms with van der Waals surface area (Å²) >= 11 is 0. The fraction of sp³-hybridized carbons (Fsp3) is 0.0667. The van der Waals surface area contributed by atoms with Crippen molar-refractivity contribution in [2.24, 2.45) is 7.05 Å². The van der Waals surface area contributed by atoms with Crippen LogP contribution in [0.15, 0.2) is 104 Å². The van der Waals surface area contributed by atoms with E-state index in [1.807, 2.05) is 24.3 Å². The maximum atomic E-state index is 13.1. The van der Waals surface area contributed by atoms with Gasteiger partial charge in [0.25, 0.3) is 22.2 Å². The summed E-state index contributed by atoms with van der Waals surface area (Å²) in [5.74, 6) is 0. The SMILES string of the molecule is Cc1ccc(-c2ccc(-c3ccc(-n4c(=O)c5cc6c(=O)n(C)c(=O)c6cc5c4=O)cc3)cc2)cc1. The van der Waals surface area contributed by atoms with Gasteiger partial charge >= 0.3 is 0 Å². The second-order valence-corrected chi connectivity index (χ2v) is 9.05. The number of aromatic nitrogens is 2. The van der Waals surface area contributed by atoms with Gasteiger partial charge in [0.2, 0.25) is 0 Å². The third-order valence-corrected chi connectivity index (χ3v) is 6.82. The van der Waals surface area contributed by atoms with E-state index < -0.39 is 22.2 Å². The molecule has 6 aromatic rings. The van der Waals surface area contributed by atoms with E-state index in [0.29, 0.717) is 5.69 Å². The van der Waals surface area contributed by atoms with Crippen LogP contribution in [0.1, 0.15) is 5.56 Å². The predicted octanol–water partition coefficient (Wildman–Crippen LogP) is 4.08. The Morgan fingerprint density at radius 1 is 0.472 bits per heavy atom. The van der Waals surface area contributed by atoms with Crippen LogP contribution in [-0.4, -0.2) is 9.13 Å². The normalized spacial score (nSPS) is 11.5. The molecule has 0 saturated heterocycles. The van der Waals surface area contributed by atoms with Crippen LogP contribution in [0, 0.1) is 6.92 Å². The Morgan fingerprint density at radius 2 is 0.806 bits per heavy atom. The number of rotatable bonds is 3. The van der Waals surface area contributed by atoms with E-state index in [1.165, 1.54) is 24.7 Å². The molecular formula is C30H20N2O4. The Kier molecular flexibility index (Phi) is 4.73. The minimum absolute atomic E-state index is 0.131. The van der Waals surface area contributed by atoms with Crippen molar-refractivity contribution in [1.82, 2.24) is 9.13 Å². The zero-order valence-corrected chi connectivity index (χ0v) is 19.6. The lowest BCUT2D eigenvalue weighted by Crippen LogP contribution is -2.23. The van der Waals surface area contributed by atoms with Gasteiger partial charge in [-0.2, -0.15) is 0 Å². The van der Waals surface area contributed by atoms with Crippen LogP contribution in [-0.2, 0) is 7.05 Å². The van der Waals surface area contributed by atoms with Crippen LogP contribution in [0.4, 0.5) is 0 Å².